The molecule has 0 spiro atoms. The third kappa shape index (κ3) is 4.06. The lowest BCUT2D eigenvalue weighted by atomic mass is 10.1. The number of carbonyl (C=O) groups excluding carboxylic acids is 1. The molecule has 1 aromatic carbocycles. The zero-order chi connectivity index (χ0) is 23.2. The van der Waals surface area contributed by atoms with E-state index in [4.69, 9.17) is 11.6 Å². The quantitative estimate of drug-likeness (QED) is 0.349. The number of anilines is 1. The van der Waals surface area contributed by atoms with E-state index in [0.29, 0.717) is 4.68 Å². The first-order chi connectivity index (χ1) is 14.3. The fourth-order valence-electron chi connectivity index (χ4n) is 2.57. The van der Waals surface area contributed by atoms with Crippen LogP contribution in [0.2, 0.25) is 5.02 Å². The summed E-state index contributed by atoms with van der Waals surface area (Å²) in [6.45, 7) is -0.896. The second kappa shape index (κ2) is 7.83. The van der Waals surface area contributed by atoms with Crippen molar-refractivity contribution in [1.29, 1.82) is 0 Å². The van der Waals surface area contributed by atoms with Crippen LogP contribution in [0.1, 0.15) is 21.7 Å². The second-order valence-corrected chi connectivity index (χ2v) is 6.41. The summed E-state index contributed by atoms with van der Waals surface area (Å²) in [5.74, 6) is -12.2. The number of hydrogen-bond acceptors (Lipinski definition) is 3. The summed E-state index contributed by atoms with van der Waals surface area (Å²) in [5, 5.41) is 7.93. The first-order valence-electron chi connectivity index (χ1n) is 7.97. The number of nitrogens with zero attached hydrogens (tertiary/aromatic N) is 4. The highest BCUT2D eigenvalue weighted by molar-refractivity contribution is 6.34. The number of hydrogen-bond donors (Lipinski definition) is 1. The zero-order valence-electron chi connectivity index (χ0n) is 15.0. The van der Waals surface area contributed by atoms with Crippen molar-refractivity contribution < 1.29 is 39.9 Å². The summed E-state index contributed by atoms with van der Waals surface area (Å²) in [4.78, 5) is 12.3. The Morgan fingerprint density at radius 3 is 2.10 bits per heavy atom. The van der Waals surface area contributed by atoms with Crippen molar-refractivity contribution >= 4 is 23.3 Å². The van der Waals surface area contributed by atoms with Crippen LogP contribution in [0.25, 0.3) is 0 Å². The van der Waals surface area contributed by atoms with Crippen molar-refractivity contribution in [1.82, 2.24) is 19.6 Å². The predicted octanol–water partition coefficient (Wildman–Crippen LogP) is 4.28. The van der Waals surface area contributed by atoms with Crippen LogP contribution < -0.4 is 5.32 Å². The van der Waals surface area contributed by atoms with E-state index < -0.39 is 69.7 Å². The standard InChI is InChI=1S/C16H8ClF8N5O/c1-29-13(7(17)14(28-29)16(23,24)25)15(31)26-6-2-3-30(27-6)4-5-8(18)10(20)12(22)11(21)9(5)19/h2-3H,4H2,1H3,(H,26,27,31). The minimum Gasteiger partial charge on any atom is -0.304 e. The molecule has 1 N–H and O–H groups in total. The van der Waals surface area contributed by atoms with Crippen LogP contribution in [-0.4, -0.2) is 25.5 Å². The fraction of sp³-hybridized carbons (Fsp3) is 0.188. The Morgan fingerprint density at radius 1 is 1.03 bits per heavy atom. The highest BCUT2D eigenvalue weighted by Gasteiger charge is 2.39. The third-order valence-electron chi connectivity index (χ3n) is 3.98. The van der Waals surface area contributed by atoms with Crippen LogP contribution in [0.5, 0.6) is 0 Å². The smallest absolute Gasteiger partial charge is 0.304 e. The SMILES string of the molecule is Cn1nc(C(F)(F)F)c(Cl)c1C(=O)Nc1ccn(Cc2c(F)c(F)c(F)c(F)c2F)n1. The molecule has 166 valence electrons. The molecule has 2 aromatic heterocycles. The molecule has 0 saturated carbocycles. The number of carbonyl (C=O) groups is 1. The van der Waals surface area contributed by atoms with Gasteiger partial charge in [-0.2, -0.15) is 23.4 Å². The Labute approximate surface area is 172 Å². The van der Waals surface area contributed by atoms with Crippen LogP contribution in [0.4, 0.5) is 40.9 Å². The highest BCUT2D eigenvalue weighted by atomic mass is 35.5. The van der Waals surface area contributed by atoms with Crippen LogP contribution >= 0.6 is 11.6 Å². The van der Waals surface area contributed by atoms with Crippen LogP contribution in [0, 0.1) is 29.1 Å². The van der Waals surface area contributed by atoms with Crippen molar-refractivity contribution in [3.05, 3.63) is 63.3 Å². The van der Waals surface area contributed by atoms with Gasteiger partial charge in [0, 0.05) is 19.3 Å². The molecule has 0 saturated heterocycles. The Balaban J connectivity index is 1.84. The highest BCUT2D eigenvalue weighted by Crippen LogP contribution is 2.35. The number of amides is 1. The molecule has 0 unspecified atom stereocenters. The van der Waals surface area contributed by atoms with E-state index in [1.807, 2.05) is 0 Å². The average Bonchev–Trinajstić information content (AvgIpc) is 3.25. The lowest BCUT2D eigenvalue weighted by Gasteiger charge is -2.08. The van der Waals surface area contributed by atoms with Crippen LogP contribution in [-0.2, 0) is 19.8 Å². The van der Waals surface area contributed by atoms with Crippen molar-refractivity contribution in [3.8, 4) is 0 Å². The van der Waals surface area contributed by atoms with Gasteiger partial charge in [0.15, 0.2) is 34.8 Å². The Morgan fingerprint density at radius 2 is 1.58 bits per heavy atom. The lowest BCUT2D eigenvalue weighted by molar-refractivity contribution is -0.141. The number of aryl methyl sites for hydroxylation is 1. The van der Waals surface area contributed by atoms with E-state index >= 15 is 0 Å². The zero-order valence-corrected chi connectivity index (χ0v) is 15.7. The topological polar surface area (TPSA) is 64.7 Å². The van der Waals surface area contributed by atoms with Gasteiger partial charge in [0.2, 0.25) is 5.82 Å². The van der Waals surface area contributed by atoms with Crippen molar-refractivity contribution in [2.45, 2.75) is 12.7 Å². The molecule has 0 aliphatic heterocycles. The Hall–Kier alpha value is -3.16. The number of nitrogens with one attached hydrogen (secondary N) is 1. The van der Waals surface area contributed by atoms with E-state index in [0.717, 1.165) is 24.0 Å². The summed E-state index contributed by atoms with van der Waals surface area (Å²) in [5.41, 5.74) is -3.32. The van der Waals surface area contributed by atoms with E-state index in [9.17, 15) is 39.9 Å². The molecule has 3 rings (SSSR count). The monoisotopic (exact) mass is 473 g/mol. The van der Waals surface area contributed by atoms with E-state index in [2.05, 4.69) is 15.5 Å². The van der Waals surface area contributed by atoms with Gasteiger partial charge in [-0.3, -0.25) is 14.2 Å². The maximum Gasteiger partial charge on any atom is 0.436 e. The van der Waals surface area contributed by atoms with E-state index in [1.54, 1.807) is 0 Å². The summed E-state index contributed by atoms with van der Waals surface area (Å²) >= 11 is 5.59. The number of alkyl halides is 3. The summed E-state index contributed by atoms with van der Waals surface area (Å²) in [7, 11) is 1.04. The third-order valence-corrected chi connectivity index (χ3v) is 4.33. The predicted molar refractivity (Wildman–Crippen MR) is 88.7 cm³/mol. The Kier molecular flexibility index (Phi) is 5.69. The summed E-state index contributed by atoms with van der Waals surface area (Å²) < 4.78 is 107. The van der Waals surface area contributed by atoms with Gasteiger partial charge in [-0.1, -0.05) is 11.6 Å². The molecule has 3 aromatic rings. The molecule has 0 bridgehead atoms. The van der Waals surface area contributed by atoms with Crippen LogP contribution in [0.15, 0.2) is 12.3 Å². The van der Waals surface area contributed by atoms with Gasteiger partial charge in [0.05, 0.1) is 12.1 Å². The molecule has 31 heavy (non-hydrogen) atoms. The van der Waals surface area contributed by atoms with Crippen molar-refractivity contribution in [2.75, 3.05) is 5.32 Å². The number of halogens is 9. The molecule has 6 nitrogen and oxygen atoms in total. The van der Waals surface area contributed by atoms with Gasteiger partial charge < -0.3 is 5.32 Å². The molecule has 0 radical (unpaired) electrons. The van der Waals surface area contributed by atoms with Gasteiger partial charge in [-0.25, -0.2) is 22.0 Å². The molecule has 1 amide bonds. The lowest BCUT2D eigenvalue weighted by Crippen LogP contribution is -2.17. The van der Waals surface area contributed by atoms with Crippen LogP contribution in [0.3, 0.4) is 0 Å². The minimum atomic E-state index is -4.91. The van der Waals surface area contributed by atoms with Gasteiger partial charge in [0.1, 0.15) is 10.7 Å². The van der Waals surface area contributed by atoms with Gasteiger partial charge >= 0.3 is 6.18 Å². The molecular weight excluding hydrogens is 466 g/mol. The first kappa shape index (κ1) is 22.5. The van der Waals surface area contributed by atoms with Crippen molar-refractivity contribution in [2.24, 2.45) is 7.05 Å². The van der Waals surface area contributed by atoms with Gasteiger partial charge in [-0.05, 0) is 0 Å². The number of rotatable bonds is 4. The number of aromatic nitrogens is 4. The van der Waals surface area contributed by atoms with E-state index in [1.165, 1.54) is 0 Å². The van der Waals surface area contributed by atoms with Gasteiger partial charge in [0.25, 0.3) is 5.91 Å². The maximum atomic E-state index is 13.8. The summed E-state index contributed by atoms with van der Waals surface area (Å²) in [6.07, 6.45) is -3.89. The normalized spacial score (nSPS) is 11.8. The molecular formula is C16H8ClF8N5O. The van der Waals surface area contributed by atoms with Crippen molar-refractivity contribution in [3.63, 3.8) is 0 Å². The molecule has 0 atom stereocenters. The first-order valence-corrected chi connectivity index (χ1v) is 8.35. The van der Waals surface area contributed by atoms with E-state index in [-0.39, 0.29) is 5.82 Å². The largest absolute Gasteiger partial charge is 0.436 e. The molecule has 0 aliphatic carbocycles. The average molecular weight is 474 g/mol. The summed E-state index contributed by atoms with van der Waals surface area (Å²) in [6, 6.07) is 1.07. The minimum absolute atomic E-state index is 0.306. The second-order valence-electron chi connectivity index (χ2n) is 6.03. The molecule has 0 aliphatic rings. The maximum absolute atomic E-state index is 13.8. The van der Waals surface area contributed by atoms with Gasteiger partial charge in [-0.15, -0.1) is 0 Å². The molecule has 2 heterocycles. The molecule has 0 fully saturated rings. The molecule has 15 heteroatoms. The number of benzene rings is 1. The fourth-order valence-corrected chi connectivity index (χ4v) is 2.92. The Bertz CT molecular complexity index is 1160.